The lowest BCUT2D eigenvalue weighted by atomic mass is 9.84. The van der Waals surface area contributed by atoms with Gasteiger partial charge in [-0.1, -0.05) is 12.1 Å². The highest BCUT2D eigenvalue weighted by atomic mass is 32.1. The lowest BCUT2D eigenvalue weighted by Crippen LogP contribution is -2.48. The van der Waals surface area contributed by atoms with Crippen LogP contribution in [0.4, 0.5) is 4.39 Å². The van der Waals surface area contributed by atoms with Crippen LogP contribution in [-0.2, 0) is 6.42 Å². The lowest BCUT2D eigenvalue weighted by Gasteiger charge is -2.40. The largest absolute Gasteiger partial charge is 0.497 e. The summed E-state index contributed by atoms with van der Waals surface area (Å²) in [6, 6.07) is 15.5. The molecule has 34 heavy (non-hydrogen) atoms. The van der Waals surface area contributed by atoms with Crippen LogP contribution in [0.5, 0.6) is 5.75 Å². The molecule has 1 unspecified atom stereocenters. The second kappa shape index (κ2) is 10.8. The zero-order valence-electron chi connectivity index (χ0n) is 19.4. The third-order valence-electron chi connectivity index (χ3n) is 6.63. The molecule has 2 amide bonds. The number of ether oxygens (including phenoxy) is 1. The molecule has 0 radical (unpaired) electrons. The Balaban J connectivity index is 1.50. The van der Waals surface area contributed by atoms with Crippen molar-refractivity contribution in [2.75, 3.05) is 27.2 Å². The van der Waals surface area contributed by atoms with Crippen LogP contribution in [-0.4, -0.2) is 54.9 Å². The van der Waals surface area contributed by atoms with Crippen LogP contribution in [0.25, 0.3) is 0 Å². The Kier molecular flexibility index (Phi) is 7.63. The molecule has 1 aromatic heterocycles. The number of likely N-dealkylation sites (tertiary alicyclic amines) is 1. The monoisotopic (exact) mass is 480 g/mol. The first-order valence-electron chi connectivity index (χ1n) is 11.4. The standard InChI is InChI=1S/C27H29FN2O3S/c1-29(26(31)22-12-15-34-18-22)25(17-19-4-3-5-24(16-19)33-2)20-10-13-30(14-11-20)27(32)21-6-8-23(28)9-7-21/h3-9,12,15-16,18,20,25H,10-11,13-14,17H2,1-2H3. The minimum Gasteiger partial charge on any atom is -0.497 e. The number of rotatable bonds is 7. The summed E-state index contributed by atoms with van der Waals surface area (Å²) in [5.74, 6) is 0.622. The molecule has 0 N–H and O–H groups in total. The first-order chi connectivity index (χ1) is 16.5. The fourth-order valence-corrected chi connectivity index (χ4v) is 5.29. The van der Waals surface area contributed by atoms with Gasteiger partial charge < -0.3 is 14.5 Å². The van der Waals surface area contributed by atoms with Gasteiger partial charge in [-0.3, -0.25) is 9.59 Å². The Morgan fingerprint density at radius 1 is 1.12 bits per heavy atom. The molecule has 5 nitrogen and oxygen atoms in total. The highest BCUT2D eigenvalue weighted by molar-refractivity contribution is 7.08. The van der Waals surface area contributed by atoms with Gasteiger partial charge in [-0.15, -0.1) is 0 Å². The van der Waals surface area contributed by atoms with Crippen molar-refractivity contribution in [2.45, 2.75) is 25.3 Å². The number of amides is 2. The van der Waals surface area contributed by atoms with E-state index in [4.69, 9.17) is 4.74 Å². The third kappa shape index (κ3) is 5.47. The maximum absolute atomic E-state index is 13.2. The van der Waals surface area contributed by atoms with Gasteiger partial charge in [-0.2, -0.15) is 11.3 Å². The number of hydrogen-bond donors (Lipinski definition) is 0. The van der Waals surface area contributed by atoms with Gasteiger partial charge in [0.1, 0.15) is 11.6 Å². The van der Waals surface area contributed by atoms with Crippen molar-refractivity contribution in [1.82, 2.24) is 9.80 Å². The summed E-state index contributed by atoms with van der Waals surface area (Å²) in [6.07, 6.45) is 2.30. The zero-order chi connectivity index (χ0) is 24.1. The summed E-state index contributed by atoms with van der Waals surface area (Å²) in [4.78, 5) is 29.8. The zero-order valence-corrected chi connectivity index (χ0v) is 20.3. The molecule has 7 heteroatoms. The first-order valence-corrected chi connectivity index (χ1v) is 12.4. The Morgan fingerprint density at radius 2 is 1.85 bits per heavy atom. The van der Waals surface area contributed by atoms with Gasteiger partial charge >= 0.3 is 0 Å². The van der Waals surface area contributed by atoms with E-state index >= 15 is 0 Å². The lowest BCUT2D eigenvalue weighted by molar-refractivity contribution is 0.0522. The molecular formula is C27H29FN2O3S. The number of halogens is 1. The summed E-state index contributed by atoms with van der Waals surface area (Å²) in [5, 5.41) is 3.79. The normalized spacial score (nSPS) is 15.1. The first kappa shape index (κ1) is 24.0. The number of thiophene rings is 1. The van der Waals surface area contributed by atoms with Crippen LogP contribution >= 0.6 is 11.3 Å². The molecule has 0 aliphatic carbocycles. The van der Waals surface area contributed by atoms with Crippen molar-refractivity contribution in [3.8, 4) is 5.75 Å². The maximum atomic E-state index is 13.2. The molecule has 2 aromatic carbocycles. The predicted molar refractivity (Wildman–Crippen MR) is 132 cm³/mol. The number of nitrogens with zero attached hydrogens (tertiary/aromatic N) is 2. The molecule has 4 rings (SSSR count). The van der Waals surface area contributed by atoms with Gasteiger partial charge in [0.25, 0.3) is 11.8 Å². The average Bonchev–Trinajstić information content (AvgIpc) is 3.42. The van der Waals surface area contributed by atoms with Crippen molar-refractivity contribution in [1.29, 1.82) is 0 Å². The van der Waals surface area contributed by atoms with Crippen LogP contribution in [0.15, 0.2) is 65.4 Å². The third-order valence-corrected chi connectivity index (χ3v) is 7.31. The van der Waals surface area contributed by atoms with Crippen LogP contribution in [0.3, 0.4) is 0 Å². The van der Waals surface area contributed by atoms with Gasteiger partial charge in [-0.05, 0) is 78.6 Å². The Hall–Kier alpha value is -3.19. The average molecular weight is 481 g/mol. The van der Waals surface area contributed by atoms with Crippen LogP contribution < -0.4 is 4.74 Å². The number of likely N-dealkylation sites (N-methyl/N-ethyl adjacent to an activating group) is 1. The van der Waals surface area contributed by atoms with Crippen molar-refractivity contribution in [2.24, 2.45) is 5.92 Å². The second-order valence-corrected chi connectivity index (χ2v) is 9.47. The number of piperidine rings is 1. The maximum Gasteiger partial charge on any atom is 0.254 e. The molecule has 1 saturated heterocycles. The minimum atomic E-state index is -0.353. The molecule has 1 aliphatic rings. The van der Waals surface area contributed by atoms with Crippen LogP contribution in [0.2, 0.25) is 0 Å². The van der Waals surface area contributed by atoms with E-state index in [-0.39, 0.29) is 29.6 Å². The van der Waals surface area contributed by atoms with E-state index < -0.39 is 0 Å². The predicted octanol–water partition coefficient (Wildman–Crippen LogP) is 5.13. The number of methoxy groups -OCH3 is 1. The molecule has 178 valence electrons. The highest BCUT2D eigenvalue weighted by Crippen LogP contribution is 2.29. The Labute approximate surface area is 203 Å². The molecule has 1 fully saturated rings. The highest BCUT2D eigenvalue weighted by Gasteiger charge is 2.33. The van der Waals surface area contributed by atoms with Crippen LogP contribution in [0, 0.1) is 11.7 Å². The smallest absolute Gasteiger partial charge is 0.254 e. The molecule has 1 aliphatic heterocycles. The molecule has 0 spiro atoms. The quantitative estimate of drug-likeness (QED) is 0.471. The van der Waals surface area contributed by atoms with E-state index in [0.717, 1.165) is 24.2 Å². The number of carbonyl (C=O) groups excluding carboxylic acids is 2. The fourth-order valence-electron chi connectivity index (χ4n) is 4.66. The summed E-state index contributed by atoms with van der Waals surface area (Å²) in [7, 11) is 3.53. The van der Waals surface area contributed by atoms with Gasteiger partial charge in [0, 0.05) is 37.1 Å². The van der Waals surface area contributed by atoms with Gasteiger partial charge in [0.05, 0.1) is 12.7 Å². The van der Waals surface area contributed by atoms with E-state index in [1.807, 2.05) is 51.9 Å². The molecular weight excluding hydrogens is 451 g/mol. The van der Waals surface area contributed by atoms with Crippen molar-refractivity contribution >= 4 is 23.2 Å². The number of hydrogen-bond acceptors (Lipinski definition) is 4. The van der Waals surface area contributed by atoms with E-state index in [1.54, 1.807) is 7.11 Å². The number of benzene rings is 2. The van der Waals surface area contributed by atoms with Gasteiger partial charge in [0.15, 0.2) is 0 Å². The molecule has 2 heterocycles. The summed E-state index contributed by atoms with van der Waals surface area (Å²) >= 11 is 1.51. The molecule has 0 saturated carbocycles. The van der Waals surface area contributed by atoms with Gasteiger partial charge in [0.2, 0.25) is 0 Å². The van der Waals surface area contributed by atoms with E-state index in [0.29, 0.717) is 30.6 Å². The summed E-state index contributed by atoms with van der Waals surface area (Å²) in [5.41, 5.74) is 2.31. The summed E-state index contributed by atoms with van der Waals surface area (Å²) in [6.45, 7) is 1.21. The number of carbonyl (C=O) groups is 2. The summed E-state index contributed by atoms with van der Waals surface area (Å²) < 4.78 is 18.6. The Morgan fingerprint density at radius 3 is 2.50 bits per heavy atom. The molecule has 0 bridgehead atoms. The van der Waals surface area contributed by atoms with Crippen LogP contribution in [0.1, 0.15) is 39.1 Å². The van der Waals surface area contributed by atoms with Gasteiger partial charge in [-0.25, -0.2) is 4.39 Å². The van der Waals surface area contributed by atoms with E-state index in [9.17, 15) is 14.0 Å². The second-order valence-electron chi connectivity index (χ2n) is 8.69. The van der Waals surface area contributed by atoms with Crippen molar-refractivity contribution < 1.29 is 18.7 Å². The molecule has 3 aromatic rings. The Bertz CT molecular complexity index is 1110. The fraction of sp³-hybridized carbons (Fsp3) is 0.333. The van der Waals surface area contributed by atoms with E-state index in [1.165, 1.54) is 35.6 Å². The van der Waals surface area contributed by atoms with Crippen molar-refractivity contribution in [3.63, 3.8) is 0 Å². The minimum absolute atomic E-state index is 0.0115. The SMILES string of the molecule is COc1cccc(CC(C2CCN(C(=O)c3ccc(F)cc3)CC2)N(C)C(=O)c2ccsc2)c1. The topological polar surface area (TPSA) is 49.9 Å². The van der Waals surface area contributed by atoms with E-state index in [2.05, 4.69) is 6.07 Å². The van der Waals surface area contributed by atoms with Crippen molar-refractivity contribution in [3.05, 3.63) is 87.9 Å². The molecule has 1 atom stereocenters.